The zero-order chi connectivity index (χ0) is 15.1. The van der Waals surface area contributed by atoms with Crippen LogP contribution in [0.25, 0.3) is 0 Å². The summed E-state index contributed by atoms with van der Waals surface area (Å²) in [6.07, 6.45) is -2.61. The standard InChI is InChI=1S/C15H21F3N2O/c16-15(17,18)21-11-8-19-14-6-9-20(10-7-14)12-13-4-2-1-3-5-13/h1-5,14,19H,6-12H2. The van der Waals surface area contributed by atoms with Gasteiger partial charge in [-0.05, 0) is 31.5 Å². The molecule has 1 N–H and O–H groups in total. The molecule has 0 aliphatic carbocycles. The van der Waals surface area contributed by atoms with Gasteiger partial charge in [-0.1, -0.05) is 30.3 Å². The van der Waals surface area contributed by atoms with E-state index in [1.54, 1.807) is 0 Å². The zero-order valence-electron chi connectivity index (χ0n) is 11.9. The van der Waals surface area contributed by atoms with Gasteiger partial charge < -0.3 is 5.32 Å². The molecule has 0 radical (unpaired) electrons. The first-order valence-electron chi connectivity index (χ1n) is 7.23. The molecule has 1 heterocycles. The summed E-state index contributed by atoms with van der Waals surface area (Å²) in [7, 11) is 0. The van der Waals surface area contributed by atoms with Crippen molar-refractivity contribution in [3.05, 3.63) is 35.9 Å². The number of likely N-dealkylation sites (tertiary alicyclic amines) is 1. The maximum atomic E-state index is 11.8. The van der Waals surface area contributed by atoms with Gasteiger partial charge in [-0.2, -0.15) is 0 Å². The number of ether oxygens (including phenoxy) is 1. The highest BCUT2D eigenvalue weighted by atomic mass is 19.4. The monoisotopic (exact) mass is 302 g/mol. The fourth-order valence-electron chi connectivity index (χ4n) is 2.57. The molecule has 21 heavy (non-hydrogen) atoms. The van der Waals surface area contributed by atoms with E-state index in [4.69, 9.17) is 0 Å². The maximum Gasteiger partial charge on any atom is 0.522 e. The highest BCUT2D eigenvalue weighted by molar-refractivity contribution is 5.14. The summed E-state index contributed by atoms with van der Waals surface area (Å²) in [6.45, 7) is 2.78. The van der Waals surface area contributed by atoms with E-state index in [1.807, 2.05) is 18.2 Å². The van der Waals surface area contributed by atoms with E-state index in [0.29, 0.717) is 0 Å². The van der Waals surface area contributed by atoms with Crippen LogP contribution in [0.4, 0.5) is 13.2 Å². The minimum Gasteiger partial charge on any atom is -0.312 e. The van der Waals surface area contributed by atoms with E-state index in [9.17, 15) is 13.2 Å². The summed E-state index contributed by atoms with van der Waals surface area (Å²) in [5.74, 6) is 0. The molecule has 0 bridgehead atoms. The van der Waals surface area contributed by atoms with Gasteiger partial charge in [-0.25, -0.2) is 0 Å². The van der Waals surface area contributed by atoms with Gasteiger partial charge in [0.05, 0.1) is 6.61 Å². The summed E-state index contributed by atoms with van der Waals surface area (Å²) in [5, 5.41) is 3.13. The zero-order valence-corrected chi connectivity index (χ0v) is 11.9. The van der Waals surface area contributed by atoms with Crippen LogP contribution in [0.3, 0.4) is 0 Å². The first kappa shape index (κ1) is 16.3. The summed E-state index contributed by atoms with van der Waals surface area (Å²) in [5.41, 5.74) is 1.29. The van der Waals surface area contributed by atoms with Crippen molar-refractivity contribution < 1.29 is 17.9 Å². The molecule has 1 fully saturated rings. The molecule has 0 saturated carbocycles. The topological polar surface area (TPSA) is 24.5 Å². The molecule has 1 aromatic carbocycles. The molecule has 1 saturated heterocycles. The normalized spacial score (nSPS) is 18.0. The molecule has 3 nitrogen and oxygen atoms in total. The van der Waals surface area contributed by atoms with Crippen LogP contribution >= 0.6 is 0 Å². The van der Waals surface area contributed by atoms with Crippen LogP contribution in [-0.2, 0) is 11.3 Å². The van der Waals surface area contributed by atoms with Gasteiger partial charge in [-0.3, -0.25) is 9.64 Å². The quantitative estimate of drug-likeness (QED) is 0.818. The lowest BCUT2D eigenvalue weighted by Crippen LogP contribution is -2.43. The Morgan fingerprint density at radius 2 is 1.81 bits per heavy atom. The molecule has 0 spiro atoms. The Morgan fingerprint density at radius 1 is 1.14 bits per heavy atom. The number of rotatable bonds is 6. The SMILES string of the molecule is FC(F)(F)OCCNC1CCN(Cc2ccccc2)CC1. The van der Waals surface area contributed by atoms with Crippen LogP contribution in [0.15, 0.2) is 30.3 Å². The third kappa shape index (κ3) is 6.46. The number of hydrogen-bond donors (Lipinski definition) is 1. The Hall–Kier alpha value is -1.11. The van der Waals surface area contributed by atoms with Crippen molar-refractivity contribution in [2.24, 2.45) is 0 Å². The third-order valence-electron chi connectivity index (χ3n) is 3.64. The number of halogens is 3. The Bertz CT molecular complexity index is 403. The van der Waals surface area contributed by atoms with Gasteiger partial charge in [0.15, 0.2) is 0 Å². The summed E-state index contributed by atoms with van der Waals surface area (Å²) in [4.78, 5) is 2.37. The number of benzene rings is 1. The second kappa shape index (κ2) is 7.77. The fraction of sp³-hybridized carbons (Fsp3) is 0.600. The van der Waals surface area contributed by atoms with Crippen LogP contribution in [0.2, 0.25) is 0 Å². The molecule has 2 rings (SSSR count). The fourth-order valence-corrected chi connectivity index (χ4v) is 2.57. The molecule has 0 atom stereocenters. The van der Waals surface area contributed by atoms with Gasteiger partial charge in [0.25, 0.3) is 0 Å². The molecular formula is C15H21F3N2O. The molecule has 1 aliphatic heterocycles. The van der Waals surface area contributed by atoms with Gasteiger partial charge in [-0.15, -0.1) is 13.2 Å². The average molecular weight is 302 g/mol. The van der Waals surface area contributed by atoms with E-state index in [2.05, 4.69) is 27.1 Å². The minimum absolute atomic E-state index is 0.239. The Morgan fingerprint density at radius 3 is 2.43 bits per heavy atom. The van der Waals surface area contributed by atoms with Crippen LogP contribution < -0.4 is 5.32 Å². The predicted octanol–water partition coefficient (Wildman–Crippen LogP) is 2.78. The lowest BCUT2D eigenvalue weighted by atomic mass is 10.0. The predicted molar refractivity (Wildman–Crippen MR) is 74.8 cm³/mol. The smallest absolute Gasteiger partial charge is 0.312 e. The van der Waals surface area contributed by atoms with Gasteiger partial charge in [0, 0.05) is 19.1 Å². The van der Waals surface area contributed by atoms with Crippen molar-refractivity contribution in [1.82, 2.24) is 10.2 Å². The summed E-state index contributed by atoms with van der Waals surface area (Å²) >= 11 is 0. The molecular weight excluding hydrogens is 281 g/mol. The van der Waals surface area contributed by atoms with Gasteiger partial charge in [0.2, 0.25) is 0 Å². The lowest BCUT2D eigenvalue weighted by Gasteiger charge is -2.32. The van der Waals surface area contributed by atoms with Crippen molar-refractivity contribution >= 4 is 0 Å². The van der Waals surface area contributed by atoms with Crippen molar-refractivity contribution in [2.45, 2.75) is 31.8 Å². The van der Waals surface area contributed by atoms with E-state index in [1.165, 1.54) is 5.56 Å². The largest absolute Gasteiger partial charge is 0.522 e. The van der Waals surface area contributed by atoms with E-state index < -0.39 is 6.36 Å². The Labute approximate surface area is 123 Å². The highest BCUT2D eigenvalue weighted by Gasteiger charge is 2.28. The number of alkyl halides is 3. The van der Waals surface area contributed by atoms with Crippen LogP contribution in [-0.4, -0.2) is 43.5 Å². The van der Waals surface area contributed by atoms with Crippen LogP contribution in [0.5, 0.6) is 0 Å². The van der Waals surface area contributed by atoms with Crippen LogP contribution in [0, 0.1) is 0 Å². The lowest BCUT2D eigenvalue weighted by molar-refractivity contribution is -0.323. The molecule has 118 valence electrons. The number of nitrogens with zero attached hydrogens (tertiary/aromatic N) is 1. The molecule has 6 heteroatoms. The Kier molecular flexibility index (Phi) is 6.02. The minimum atomic E-state index is -4.53. The van der Waals surface area contributed by atoms with E-state index >= 15 is 0 Å². The summed E-state index contributed by atoms with van der Waals surface area (Å²) in [6, 6.07) is 10.6. The second-order valence-electron chi connectivity index (χ2n) is 5.28. The van der Waals surface area contributed by atoms with E-state index in [0.717, 1.165) is 32.5 Å². The van der Waals surface area contributed by atoms with Crippen molar-refractivity contribution in [1.29, 1.82) is 0 Å². The highest BCUT2D eigenvalue weighted by Crippen LogP contribution is 2.16. The van der Waals surface area contributed by atoms with Crippen LogP contribution in [0.1, 0.15) is 18.4 Å². The summed E-state index contributed by atoms with van der Waals surface area (Å²) < 4.78 is 39.2. The Balaban J connectivity index is 1.60. The number of hydrogen-bond acceptors (Lipinski definition) is 3. The average Bonchev–Trinajstić information content (AvgIpc) is 2.45. The molecule has 0 aromatic heterocycles. The molecule has 1 aliphatic rings. The molecule has 0 unspecified atom stereocenters. The van der Waals surface area contributed by atoms with Gasteiger partial charge in [0.1, 0.15) is 0 Å². The second-order valence-corrected chi connectivity index (χ2v) is 5.28. The maximum absolute atomic E-state index is 11.8. The first-order chi connectivity index (χ1) is 10.0. The molecule has 1 aromatic rings. The van der Waals surface area contributed by atoms with Crippen molar-refractivity contribution in [3.63, 3.8) is 0 Å². The third-order valence-corrected chi connectivity index (χ3v) is 3.64. The number of piperidine rings is 1. The van der Waals surface area contributed by atoms with Crippen molar-refractivity contribution in [3.8, 4) is 0 Å². The van der Waals surface area contributed by atoms with E-state index in [-0.39, 0.29) is 19.2 Å². The van der Waals surface area contributed by atoms with Gasteiger partial charge >= 0.3 is 6.36 Å². The van der Waals surface area contributed by atoms with Crippen molar-refractivity contribution in [2.75, 3.05) is 26.2 Å². The number of nitrogens with one attached hydrogen (secondary N) is 1. The first-order valence-corrected chi connectivity index (χ1v) is 7.23. The molecule has 0 amide bonds.